The average Bonchev–Trinajstić information content (AvgIpc) is 3.78. The third-order valence-corrected chi connectivity index (χ3v) is 13.8. The van der Waals surface area contributed by atoms with Gasteiger partial charge in [0.15, 0.2) is 0 Å². The number of hydrogen-bond donors (Lipinski definition) is 8. The first-order chi connectivity index (χ1) is 20.8. The summed E-state index contributed by atoms with van der Waals surface area (Å²) in [5.74, 6) is 5.97. The van der Waals surface area contributed by atoms with Gasteiger partial charge in [-0.2, -0.15) is 0 Å². The Morgan fingerprint density at radius 2 is 0.381 bits per heavy atom. The van der Waals surface area contributed by atoms with E-state index in [1.807, 2.05) is 0 Å². The van der Waals surface area contributed by atoms with E-state index in [-0.39, 0.29) is 0 Å². The van der Waals surface area contributed by atoms with Gasteiger partial charge in [0, 0.05) is 0 Å². The van der Waals surface area contributed by atoms with Crippen LogP contribution in [0.25, 0.3) is 0 Å². The van der Waals surface area contributed by atoms with Gasteiger partial charge in [-0.3, -0.25) is 52.6 Å². The largest absolute Gasteiger partial charge is 0.353 e. The van der Waals surface area contributed by atoms with Crippen LogP contribution in [0.2, 0.25) is 0 Å². The van der Waals surface area contributed by atoms with E-state index in [0.29, 0.717) is 49.3 Å². The molecule has 10 heteroatoms. The van der Waals surface area contributed by atoms with Crippen molar-refractivity contribution < 1.29 is 0 Å². The van der Waals surface area contributed by atoms with Gasteiger partial charge in [0.1, 0.15) is 0 Å². The Hall–Kier alpha value is 0.502. The SMILES string of the molecule is C1CCC2C3NC(NC4NC(NC5NC(NC6NC(N3)C3CCCCC63)C3CCCCC53)C3CCCCC43)C2C1.[AlH2][Cl]. The molecule has 9 rings (SSSR count). The topological polar surface area (TPSA) is 96.2 Å². The minimum atomic E-state index is 0.420. The minimum Gasteiger partial charge on any atom is -0.286 e. The summed E-state index contributed by atoms with van der Waals surface area (Å²) < 4.78 is 0. The van der Waals surface area contributed by atoms with Crippen LogP contribution in [-0.2, 0) is 0 Å². The second-order valence-electron chi connectivity index (χ2n) is 15.6. The van der Waals surface area contributed by atoms with E-state index in [1.165, 1.54) is 103 Å². The highest BCUT2D eigenvalue weighted by Gasteiger charge is 2.54. The third-order valence-electron chi connectivity index (χ3n) is 13.8. The molecule has 0 aromatic heterocycles. The molecule has 8 bridgehead atoms. The van der Waals surface area contributed by atoms with Crippen LogP contribution in [0, 0.1) is 47.3 Å². The number of rotatable bonds is 0. The van der Waals surface area contributed by atoms with Crippen molar-refractivity contribution >= 4 is 25.4 Å². The maximum absolute atomic E-state index is 4.78. The molecular weight excluding hydrogens is 559 g/mol. The van der Waals surface area contributed by atoms with Crippen LogP contribution < -0.4 is 42.5 Å². The first-order valence-electron chi connectivity index (χ1n) is 18.3. The fourth-order valence-corrected chi connectivity index (χ4v) is 12.0. The Bertz CT molecular complexity index is 723. The molecule has 236 valence electrons. The van der Waals surface area contributed by atoms with E-state index in [2.05, 4.69) is 42.5 Å². The highest BCUT2D eigenvalue weighted by Crippen LogP contribution is 2.45. The van der Waals surface area contributed by atoms with Crippen molar-refractivity contribution in [2.24, 2.45) is 47.3 Å². The van der Waals surface area contributed by atoms with Crippen molar-refractivity contribution in [3.63, 3.8) is 0 Å². The van der Waals surface area contributed by atoms with Crippen LogP contribution in [0.3, 0.4) is 0 Å². The van der Waals surface area contributed by atoms with Crippen LogP contribution >= 0.6 is 10.0 Å². The smallest absolute Gasteiger partial charge is 0.286 e. The first kappa shape index (κ1) is 29.9. The molecule has 0 radical (unpaired) electrons. The van der Waals surface area contributed by atoms with E-state index in [4.69, 9.17) is 10.0 Å². The van der Waals surface area contributed by atoms with Gasteiger partial charge in [-0.25, -0.2) is 0 Å². The molecule has 42 heavy (non-hydrogen) atoms. The maximum Gasteiger partial charge on any atom is 0.353 e. The minimum absolute atomic E-state index is 0.420. The normalized spacial score (nSPS) is 55.0. The zero-order chi connectivity index (χ0) is 28.2. The Kier molecular flexibility index (Phi) is 9.21. The van der Waals surface area contributed by atoms with E-state index >= 15 is 0 Å². The zero-order valence-corrected chi connectivity index (χ0v) is 28.7. The number of hydrogen-bond acceptors (Lipinski definition) is 8. The molecule has 4 saturated carbocycles. The predicted molar refractivity (Wildman–Crippen MR) is 172 cm³/mol. The lowest BCUT2D eigenvalue weighted by Gasteiger charge is -2.35. The Balaban J connectivity index is 0.00000131. The molecule has 0 amide bonds. The molecule has 9 aliphatic rings. The van der Waals surface area contributed by atoms with Crippen LogP contribution in [0.4, 0.5) is 0 Å². The Labute approximate surface area is 266 Å². The quantitative estimate of drug-likeness (QED) is 0.197. The second kappa shape index (κ2) is 13.0. The molecule has 0 aromatic rings. The van der Waals surface area contributed by atoms with Crippen molar-refractivity contribution in [2.45, 2.75) is 152 Å². The zero-order valence-electron chi connectivity index (χ0n) is 25.9. The van der Waals surface area contributed by atoms with E-state index in [0.717, 1.165) is 62.7 Å². The summed E-state index contributed by atoms with van der Waals surface area (Å²) in [5.41, 5.74) is 0. The van der Waals surface area contributed by atoms with Gasteiger partial charge < -0.3 is 0 Å². The molecule has 5 aliphatic heterocycles. The Morgan fingerprint density at radius 1 is 0.262 bits per heavy atom. The highest BCUT2D eigenvalue weighted by molar-refractivity contribution is 6.80. The van der Waals surface area contributed by atoms with Crippen LogP contribution in [0.5, 0.6) is 0 Å². The molecule has 9 fully saturated rings. The van der Waals surface area contributed by atoms with Crippen molar-refractivity contribution in [1.29, 1.82) is 0 Å². The summed E-state index contributed by atoms with van der Waals surface area (Å²) in [7, 11) is 4.78. The average molecular weight is 617 g/mol. The molecule has 5 heterocycles. The highest BCUT2D eigenvalue weighted by atomic mass is 35.6. The number of fused-ring (bicyclic) bond motifs is 20. The van der Waals surface area contributed by atoms with Gasteiger partial charge in [-0.05, 0) is 98.7 Å². The fraction of sp³-hybridized carbons (Fsp3) is 1.00. The molecule has 8 unspecified atom stereocenters. The lowest BCUT2D eigenvalue weighted by atomic mass is 9.76. The van der Waals surface area contributed by atoms with Crippen molar-refractivity contribution in [1.82, 2.24) is 42.5 Å². The van der Waals surface area contributed by atoms with Gasteiger partial charge in [0.05, 0.1) is 49.3 Å². The third kappa shape index (κ3) is 5.37. The summed E-state index contributed by atoms with van der Waals surface area (Å²) in [6.07, 6.45) is 25.6. The van der Waals surface area contributed by atoms with Crippen LogP contribution in [0.15, 0.2) is 0 Å². The number of nitrogens with one attached hydrogen (secondary N) is 8. The molecule has 4 aliphatic carbocycles. The predicted octanol–water partition coefficient (Wildman–Crippen LogP) is 2.38. The van der Waals surface area contributed by atoms with E-state index in [1.54, 1.807) is 0 Å². The monoisotopic (exact) mass is 616 g/mol. The lowest BCUT2D eigenvalue weighted by molar-refractivity contribution is 0.167. The number of halogens is 1. The fourth-order valence-electron chi connectivity index (χ4n) is 12.0. The van der Waals surface area contributed by atoms with Gasteiger partial charge in [0.2, 0.25) is 0 Å². The van der Waals surface area contributed by atoms with Gasteiger partial charge >= 0.3 is 15.4 Å². The van der Waals surface area contributed by atoms with E-state index in [9.17, 15) is 0 Å². The summed E-state index contributed by atoms with van der Waals surface area (Å²) >= 11 is 0.778. The molecule has 8 atom stereocenters. The lowest BCUT2D eigenvalue weighted by Crippen LogP contribution is -2.61. The van der Waals surface area contributed by atoms with Crippen molar-refractivity contribution in [3.05, 3.63) is 0 Å². The van der Waals surface area contributed by atoms with Gasteiger partial charge in [-0.15, -0.1) is 0 Å². The summed E-state index contributed by atoms with van der Waals surface area (Å²) in [5, 5.41) is 33.8. The molecule has 0 spiro atoms. The summed E-state index contributed by atoms with van der Waals surface area (Å²) in [4.78, 5) is 0. The molecule has 8 nitrogen and oxygen atoms in total. The maximum atomic E-state index is 4.78. The van der Waals surface area contributed by atoms with Gasteiger partial charge in [-0.1, -0.05) is 51.4 Å². The summed E-state index contributed by atoms with van der Waals surface area (Å²) in [6.45, 7) is 0. The molecule has 8 N–H and O–H groups in total. The van der Waals surface area contributed by atoms with Crippen LogP contribution in [0.1, 0.15) is 103 Å². The standard InChI is InChI=1S/C32H56N8.Al.ClH.2H/c1-2-10-18-17(9-1)25-33-26(18)38-28-21-13-5-6-14-22(21)30(35-28)40-32-24-16-8-7-15-23(24)31(36-32)39-29-20-12-4-3-11-19(20)27(34-29)37-25;;;;/h17-40H,1-16H2;;1H;;/q;+1;;;/p-1. The Morgan fingerprint density at radius 3 is 0.500 bits per heavy atom. The molecule has 0 aromatic carbocycles. The van der Waals surface area contributed by atoms with E-state index < -0.39 is 0 Å². The molecular formula is C32H58AlClN8. The molecule has 5 saturated heterocycles. The second-order valence-corrected chi connectivity index (χ2v) is 15.6. The van der Waals surface area contributed by atoms with Crippen molar-refractivity contribution in [2.75, 3.05) is 0 Å². The van der Waals surface area contributed by atoms with Gasteiger partial charge in [0.25, 0.3) is 0 Å². The summed E-state index contributed by atoms with van der Waals surface area (Å²) in [6, 6.07) is 0. The first-order valence-corrected chi connectivity index (χ1v) is 21.3. The van der Waals surface area contributed by atoms with Crippen LogP contribution in [-0.4, -0.2) is 64.7 Å². The van der Waals surface area contributed by atoms with Crippen molar-refractivity contribution in [3.8, 4) is 0 Å².